The molecule has 0 aliphatic carbocycles. The highest BCUT2D eigenvalue weighted by molar-refractivity contribution is 7.98. The van der Waals surface area contributed by atoms with E-state index < -0.39 is 29.4 Å². The highest BCUT2D eigenvalue weighted by Crippen LogP contribution is 2.50. The fourth-order valence-electron chi connectivity index (χ4n) is 4.31. The standard InChI is InChI=1S/C20H24F3N5O2S/c1-31-9-8-28-12-14(25-26-28)11-27-6-4-19(5-7-27)16-10-13(20(21,22)23)2-3-15(16)17(30-19)18(24)29/h2-3,10,12,17H,4-9,11H2,1H3,(H2,24,29). The SMILES string of the molecule is CSCCn1cc(CN2CCC3(CC2)OC(C(N)=O)c2ccc(C(F)(F)F)cc23)nn1. The van der Waals surface area contributed by atoms with Crippen LogP contribution in [-0.2, 0) is 34.4 Å². The zero-order valence-electron chi connectivity index (χ0n) is 17.1. The highest BCUT2D eigenvalue weighted by atomic mass is 32.2. The average Bonchev–Trinajstić information content (AvgIpc) is 3.30. The fraction of sp³-hybridized carbons (Fsp3) is 0.550. The maximum absolute atomic E-state index is 13.3. The van der Waals surface area contributed by atoms with E-state index in [9.17, 15) is 18.0 Å². The Labute approximate surface area is 182 Å². The van der Waals surface area contributed by atoms with Gasteiger partial charge in [-0.25, -0.2) is 0 Å². The molecule has 1 atom stereocenters. The van der Waals surface area contributed by atoms with E-state index in [0.717, 1.165) is 30.1 Å². The molecular formula is C20H24F3N5O2S. The van der Waals surface area contributed by atoms with Crippen molar-refractivity contribution in [3.63, 3.8) is 0 Å². The number of carbonyl (C=O) groups excluding carboxylic acids is 1. The first-order chi connectivity index (χ1) is 14.7. The summed E-state index contributed by atoms with van der Waals surface area (Å²) in [6, 6.07) is 3.42. The zero-order chi connectivity index (χ0) is 22.2. The Hall–Kier alpha value is -2.11. The molecular weight excluding hydrogens is 431 g/mol. The number of likely N-dealkylation sites (tertiary alicyclic amines) is 1. The number of nitrogens with zero attached hydrogens (tertiary/aromatic N) is 4. The lowest BCUT2D eigenvalue weighted by atomic mass is 9.82. The zero-order valence-corrected chi connectivity index (χ0v) is 17.9. The second-order valence-electron chi connectivity index (χ2n) is 7.94. The molecule has 2 aliphatic heterocycles. The molecule has 31 heavy (non-hydrogen) atoms. The first kappa shape index (κ1) is 22.1. The summed E-state index contributed by atoms with van der Waals surface area (Å²) >= 11 is 1.73. The number of alkyl halides is 3. The summed E-state index contributed by atoms with van der Waals surface area (Å²) in [6.45, 7) is 2.58. The summed E-state index contributed by atoms with van der Waals surface area (Å²) in [4.78, 5) is 14.1. The first-order valence-corrected chi connectivity index (χ1v) is 11.4. The molecule has 1 amide bonds. The number of amides is 1. The van der Waals surface area contributed by atoms with Crippen LogP contribution in [0.25, 0.3) is 0 Å². The topological polar surface area (TPSA) is 86.3 Å². The van der Waals surface area contributed by atoms with Crippen LogP contribution in [0.1, 0.15) is 41.3 Å². The molecule has 0 saturated carbocycles. The predicted molar refractivity (Wildman–Crippen MR) is 109 cm³/mol. The molecule has 2 N–H and O–H groups in total. The fourth-order valence-corrected chi connectivity index (χ4v) is 4.68. The lowest BCUT2D eigenvalue weighted by Crippen LogP contribution is -2.42. The van der Waals surface area contributed by atoms with Crippen LogP contribution in [0.5, 0.6) is 0 Å². The van der Waals surface area contributed by atoms with Gasteiger partial charge in [-0.2, -0.15) is 24.9 Å². The van der Waals surface area contributed by atoms with E-state index in [1.165, 1.54) is 6.07 Å². The van der Waals surface area contributed by atoms with Crippen molar-refractivity contribution in [3.05, 3.63) is 46.8 Å². The van der Waals surface area contributed by atoms with Gasteiger partial charge in [0.15, 0.2) is 6.10 Å². The molecule has 1 saturated heterocycles. The minimum atomic E-state index is -4.47. The van der Waals surface area contributed by atoms with E-state index in [4.69, 9.17) is 10.5 Å². The average molecular weight is 456 g/mol. The maximum Gasteiger partial charge on any atom is 0.416 e. The summed E-state index contributed by atoms with van der Waals surface area (Å²) in [5.41, 5.74) is 5.50. The van der Waals surface area contributed by atoms with Gasteiger partial charge in [0.1, 0.15) is 0 Å². The van der Waals surface area contributed by atoms with Gasteiger partial charge in [0.05, 0.1) is 23.4 Å². The van der Waals surface area contributed by atoms with Crippen LogP contribution >= 0.6 is 11.8 Å². The Morgan fingerprint density at radius 2 is 2.10 bits per heavy atom. The summed E-state index contributed by atoms with van der Waals surface area (Å²) < 4.78 is 47.7. The van der Waals surface area contributed by atoms with Gasteiger partial charge in [-0.1, -0.05) is 11.3 Å². The molecule has 0 bridgehead atoms. The van der Waals surface area contributed by atoms with Gasteiger partial charge in [-0.3, -0.25) is 14.4 Å². The van der Waals surface area contributed by atoms with Crippen molar-refractivity contribution >= 4 is 17.7 Å². The molecule has 2 aromatic rings. The molecule has 1 unspecified atom stereocenters. The molecule has 1 aromatic carbocycles. The van der Waals surface area contributed by atoms with Crippen LogP contribution in [-0.4, -0.2) is 50.9 Å². The number of ether oxygens (including phenoxy) is 1. The van der Waals surface area contributed by atoms with E-state index in [2.05, 4.69) is 15.2 Å². The van der Waals surface area contributed by atoms with Crippen molar-refractivity contribution in [2.75, 3.05) is 25.1 Å². The number of thioether (sulfide) groups is 1. The minimum absolute atomic E-state index is 0.425. The number of aromatic nitrogens is 3. The summed E-state index contributed by atoms with van der Waals surface area (Å²) in [7, 11) is 0. The number of rotatable bonds is 6. The molecule has 2 aliphatic rings. The molecule has 168 valence electrons. The van der Waals surface area contributed by atoms with Crippen LogP contribution in [0.4, 0.5) is 13.2 Å². The number of nitrogens with two attached hydrogens (primary N) is 1. The van der Waals surface area contributed by atoms with Crippen LogP contribution in [0.3, 0.4) is 0 Å². The molecule has 4 rings (SSSR count). The van der Waals surface area contributed by atoms with Crippen LogP contribution in [0, 0.1) is 0 Å². The molecule has 0 radical (unpaired) electrons. The first-order valence-electron chi connectivity index (χ1n) is 10.0. The summed E-state index contributed by atoms with van der Waals surface area (Å²) in [5, 5.41) is 8.33. The van der Waals surface area contributed by atoms with Gasteiger partial charge in [-0.05, 0) is 42.4 Å². The van der Waals surface area contributed by atoms with Crippen LogP contribution in [0.2, 0.25) is 0 Å². The van der Waals surface area contributed by atoms with Crippen LogP contribution < -0.4 is 5.73 Å². The number of hydrogen-bond acceptors (Lipinski definition) is 6. The Balaban J connectivity index is 1.50. The van der Waals surface area contributed by atoms with Crippen molar-refractivity contribution in [1.82, 2.24) is 19.9 Å². The lowest BCUT2D eigenvalue weighted by molar-refractivity contribution is -0.148. The smallest absolute Gasteiger partial charge is 0.367 e. The summed E-state index contributed by atoms with van der Waals surface area (Å²) in [5.74, 6) is 0.259. The lowest BCUT2D eigenvalue weighted by Gasteiger charge is -2.39. The van der Waals surface area contributed by atoms with E-state index in [1.807, 2.05) is 17.1 Å². The van der Waals surface area contributed by atoms with Gasteiger partial charge >= 0.3 is 6.18 Å². The Kier molecular flexibility index (Phi) is 6.01. The Morgan fingerprint density at radius 1 is 1.35 bits per heavy atom. The number of fused-ring (bicyclic) bond motifs is 2. The van der Waals surface area contributed by atoms with Gasteiger partial charge < -0.3 is 10.5 Å². The van der Waals surface area contributed by atoms with Gasteiger partial charge in [0.2, 0.25) is 0 Å². The second-order valence-corrected chi connectivity index (χ2v) is 8.92. The third-order valence-electron chi connectivity index (χ3n) is 5.92. The molecule has 11 heteroatoms. The monoisotopic (exact) mass is 455 g/mol. The third kappa shape index (κ3) is 4.44. The largest absolute Gasteiger partial charge is 0.416 e. The van der Waals surface area contributed by atoms with Crippen molar-refractivity contribution < 1.29 is 22.7 Å². The minimum Gasteiger partial charge on any atom is -0.367 e. The molecule has 7 nitrogen and oxygen atoms in total. The van der Waals surface area contributed by atoms with E-state index in [-0.39, 0.29) is 0 Å². The predicted octanol–water partition coefficient (Wildman–Crippen LogP) is 2.71. The molecule has 3 heterocycles. The number of hydrogen-bond donors (Lipinski definition) is 1. The highest BCUT2D eigenvalue weighted by Gasteiger charge is 2.49. The quantitative estimate of drug-likeness (QED) is 0.721. The van der Waals surface area contributed by atoms with Gasteiger partial charge in [0, 0.05) is 31.6 Å². The number of piperidine rings is 1. The number of carbonyl (C=O) groups is 1. The molecule has 1 fully saturated rings. The molecule has 1 aromatic heterocycles. The van der Waals surface area contributed by atoms with Crippen molar-refractivity contribution in [1.29, 1.82) is 0 Å². The maximum atomic E-state index is 13.3. The summed E-state index contributed by atoms with van der Waals surface area (Å²) in [6.07, 6.45) is -0.618. The van der Waals surface area contributed by atoms with E-state index >= 15 is 0 Å². The van der Waals surface area contributed by atoms with Crippen molar-refractivity contribution in [2.24, 2.45) is 5.73 Å². The van der Waals surface area contributed by atoms with Crippen molar-refractivity contribution in [2.45, 2.75) is 43.8 Å². The number of halogens is 3. The van der Waals surface area contributed by atoms with E-state index in [1.54, 1.807) is 11.8 Å². The van der Waals surface area contributed by atoms with Gasteiger partial charge in [0.25, 0.3) is 5.91 Å². The molecule has 1 spiro atoms. The van der Waals surface area contributed by atoms with E-state index in [0.29, 0.717) is 43.6 Å². The van der Waals surface area contributed by atoms with Crippen molar-refractivity contribution in [3.8, 4) is 0 Å². The number of benzene rings is 1. The normalized spacial score (nSPS) is 20.8. The van der Waals surface area contributed by atoms with Crippen LogP contribution in [0.15, 0.2) is 24.4 Å². The number of aryl methyl sites for hydroxylation is 1. The third-order valence-corrected chi connectivity index (χ3v) is 6.51. The van der Waals surface area contributed by atoms with Gasteiger partial charge in [-0.15, -0.1) is 5.10 Å². The Morgan fingerprint density at radius 3 is 2.74 bits per heavy atom. The number of primary amides is 1. The Bertz CT molecular complexity index is 957. The second kappa shape index (κ2) is 8.44.